The van der Waals surface area contributed by atoms with Crippen LogP contribution in [0.15, 0.2) is 59.5 Å². The maximum absolute atomic E-state index is 13.3. The second kappa shape index (κ2) is 8.86. The zero-order valence-electron chi connectivity index (χ0n) is 18.4. The molecule has 3 atom stereocenters. The number of nitrogens with two attached hydrogens (primary N) is 1. The molecule has 2 aliphatic heterocycles. The summed E-state index contributed by atoms with van der Waals surface area (Å²) in [5.41, 5.74) is 11.9. The molecule has 0 saturated heterocycles. The minimum absolute atomic E-state index is 0.0241. The maximum atomic E-state index is 13.3. The number of allylic oxidation sites excluding steroid dienone is 2. The standard InChI is InChI=1S/C23H28FN7O/c1-4-14(3)27-22(32)20-10-16(11-21-28-23(25)29-31(20)21)17-12-26-30(13-17)19(5-2)15-6-8-18(24)9-7-15/h6-14,19,21H,4-5H2,1-3H3,(H,27,32)(H3,25,28,29). The van der Waals surface area contributed by atoms with Gasteiger partial charge in [-0.2, -0.15) is 5.10 Å². The first kappa shape index (κ1) is 21.6. The fourth-order valence-corrected chi connectivity index (χ4v) is 3.83. The van der Waals surface area contributed by atoms with Gasteiger partial charge in [-0.3, -0.25) is 19.9 Å². The molecule has 1 aromatic carbocycles. The van der Waals surface area contributed by atoms with Crippen molar-refractivity contribution in [2.45, 2.75) is 51.9 Å². The molecule has 4 rings (SSSR count). The Balaban J connectivity index is 1.65. The fraction of sp³-hybridized carbons (Fsp3) is 0.348. The lowest BCUT2D eigenvalue weighted by Gasteiger charge is -2.29. The number of hydrogen-bond donors (Lipinski definition) is 3. The zero-order chi connectivity index (χ0) is 22.8. The highest BCUT2D eigenvalue weighted by Crippen LogP contribution is 2.30. The molecule has 9 heteroatoms. The predicted octanol–water partition coefficient (Wildman–Crippen LogP) is 2.68. The van der Waals surface area contributed by atoms with E-state index >= 15 is 0 Å². The van der Waals surface area contributed by atoms with Gasteiger partial charge in [-0.05, 0) is 55.2 Å². The minimum atomic E-state index is -0.421. The zero-order valence-corrected chi connectivity index (χ0v) is 18.4. The first-order chi connectivity index (χ1) is 15.4. The molecular weight excluding hydrogens is 409 g/mol. The topological polar surface area (TPSA) is 101 Å². The molecule has 2 aromatic rings. The van der Waals surface area contributed by atoms with E-state index in [1.807, 2.05) is 36.9 Å². The van der Waals surface area contributed by atoms with Crippen molar-refractivity contribution < 1.29 is 9.18 Å². The number of aromatic nitrogens is 2. The van der Waals surface area contributed by atoms with Crippen molar-refractivity contribution in [3.8, 4) is 0 Å². The van der Waals surface area contributed by atoms with Crippen molar-refractivity contribution in [2.24, 2.45) is 10.7 Å². The third kappa shape index (κ3) is 4.23. The van der Waals surface area contributed by atoms with Gasteiger partial charge in [0.05, 0.1) is 12.2 Å². The van der Waals surface area contributed by atoms with Crippen molar-refractivity contribution >= 4 is 17.4 Å². The second-order valence-corrected chi connectivity index (χ2v) is 8.03. The first-order valence-corrected chi connectivity index (χ1v) is 10.8. The van der Waals surface area contributed by atoms with E-state index < -0.39 is 6.17 Å². The van der Waals surface area contributed by atoms with Gasteiger partial charge in [0, 0.05) is 17.8 Å². The van der Waals surface area contributed by atoms with Crippen LogP contribution in [0.2, 0.25) is 0 Å². The summed E-state index contributed by atoms with van der Waals surface area (Å²) in [6, 6.07) is 6.50. The monoisotopic (exact) mass is 437 g/mol. The van der Waals surface area contributed by atoms with Crippen molar-refractivity contribution in [1.29, 1.82) is 0 Å². The molecule has 168 valence electrons. The van der Waals surface area contributed by atoms with E-state index in [1.54, 1.807) is 23.3 Å². The number of nitrogens with zero attached hydrogens (tertiary/aromatic N) is 4. The minimum Gasteiger partial charge on any atom is -0.368 e. The number of halogens is 1. The number of benzene rings is 1. The van der Waals surface area contributed by atoms with Crippen LogP contribution in [0.4, 0.5) is 4.39 Å². The van der Waals surface area contributed by atoms with Gasteiger partial charge in [-0.15, -0.1) is 0 Å². The summed E-state index contributed by atoms with van der Waals surface area (Å²) in [7, 11) is 0. The van der Waals surface area contributed by atoms with E-state index in [-0.39, 0.29) is 29.8 Å². The Bertz CT molecular complexity index is 1090. The van der Waals surface area contributed by atoms with Crippen LogP contribution in [0, 0.1) is 5.82 Å². The highest BCUT2D eigenvalue weighted by Gasteiger charge is 2.33. The van der Waals surface area contributed by atoms with Crippen molar-refractivity contribution in [1.82, 2.24) is 25.5 Å². The molecule has 8 nitrogen and oxygen atoms in total. The predicted molar refractivity (Wildman–Crippen MR) is 121 cm³/mol. The molecule has 3 heterocycles. The highest BCUT2D eigenvalue weighted by molar-refractivity contribution is 5.98. The second-order valence-electron chi connectivity index (χ2n) is 8.03. The normalized spacial score (nSPS) is 19.3. The number of carbonyl (C=O) groups is 1. The Labute approximate surface area is 186 Å². The summed E-state index contributed by atoms with van der Waals surface area (Å²) < 4.78 is 15.2. The highest BCUT2D eigenvalue weighted by atomic mass is 19.1. The fourth-order valence-electron chi connectivity index (χ4n) is 3.83. The van der Waals surface area contributed by atoms with Crippen LogP contribution >= 0.6 is 0 Å². The van der Waals surface area contributed by atoms with Gasteiger partial charge in [0.1, 0.15) is 11.5 Å². The van der Waals surface area contributed by atoms with Crippen LogP contribution in [0.3, 0.4) is 0 Å². The van der Waals surface area contributed by atoms with Crippen LogP contribution < -0.4 is 16.5 Å². The van der Waals surface area contributed by atoms with E-state index in [9.17, 15) is 9.18 Å². The summed E-state index contributed by atoms with van der Waals surface area (Å²) in [5.74, 6) is -0.203. The number of fused-ring (bicyclic) bond motifs is 1. The molecular formula is C23H28FN7O. The van der Waals surface area contributed by atoms with Crippen molar-refractivity contribution in [2.75, 3.05) is 0 Å². The van der Waals surface area contributed by atoms with Crippen LogP contribution in [0.25, 0.3) is 5.57 Å². The quantitative estimate of drug-likeness (QED) is 0.618. The van der Waals surface area contributed by atoms with Gasteiger partial charge in [0.25, 0.3) is 5.91 Å². The first-order valence-electron chi connectivity index (χ1n) is 10.8. The van der Waals surface area contributed by atoms with Gasteiger partial charge in [0.2, 0.25) is 5.96 Å². The van der Waals surface area contributed by atoms with Crippen LogP contribution in [-0.4, -0.2) is 38.9 Å². The third-order valence-electron chi connectivity index (χ3n) is 5.77. The Hall–Kier alpha value is -3.62. The molecule has 2 aliphatic rings. The lowest BCUT2D eigenvalue weighted by atomic mass is 10.0. The maximum Gasteiger partial charge on any atom is 0.269 e. The van der Waals surface area contributed by atoms with E-state index in [2.05, 4.69) is 27.8 Å². The average Bonchev–Trinajstić information content (AvgIpc) is 3.40. The summed E-state index contributed by atoms with van der Waals surface area (Å²) >= 11 is 0. The number of amides is 1. The average molecular weight is 438 g/mol. The van der Waals surface area contributed by atoms with E-state index in [0.717, 1.165) is 29.5 Å². The van der Waals surface area contributed by atoms with E-state index in [1.165, 1.54) is 12.1 Å². The van der Waals surface area contributed by atoms with Gasteiger partial charge in [-0.25, -0.2) is 9.38 Å². The summed E-state index contributed by atoms with van der Waals surface area (Å²) in [4.78, 5) is 17.3. The molecule has 0 spiro atoms. The number of hydrogen-bond acceptors (Lipinski definition) is 6. The molecule has 4 N–H and O–H groups in total. The molecule has 0 bridgehead atoms. The van der Waals surface area contributed by atoms with Crippen LogP contribution in [0.1, 0.15) is 50.8 Å². The lowest BCUT2D eigenvalue weighted by molar-refractivity contribution is -0.120. The molecule has 0 saturated carbocycles. The number of guanidine groups is 1. The summed E-state index contributed by atoms with van der Waals surface area (Å²) in [5, 5.41) is 9.22. The Morgan fingerprint density at radius 1 is 1.28 bits per heavy atom. The number of nitrogens with one attached hydrogen (secondary N) is 2. The summed E-state index contributed by atoms with van der Waals surface area (Å²) in [6.45, 7) is 6.04. The Morgan fingerprint density at radius 3 is 2.72 bits per heavy atom. The third-order valence-corrected chi connectivity index (χ3v) is 5.77. The molecule has 3 unspecified atom stereocenters. The molecule has 1 aromatic heterocycles. The number of rotatable bonds is 7. The summed E-state index contributed by atoms with van der Waals surface area (Å²) in [6.07, 6.45) is 8.66. The molecule has 32 heavy (non-hydrogen) atoms. The smallest absolute Gasteiger partial charge is 0.269 e. The van der Waals surface area contributed by atoms with Crippen molar-refractivity contribution in [3.05, 3.63) is 71.5 Å². The van der Waals surface area contributed by atoms with Gasteiger partial charge < -0.3 is 11.1 Å². The van der Waals surface area contributed by atoms with E-state index in [0.29, 0.717) is 5.70 Å². The SMILES string of the molecule is CCC(C)NC(=O)C1=CC(c2cnn(C(CC)c3ccc(F)cc3)c2)=CC2N=C(N)NN12. The van der Waals surface area contributed by atoms with Crippen LogP contribution in [-0.2, 0) is 4.79 Å². The van der Waals surface area contributed by atoms with Crippen molar-refractivity contribution in [3.63, 3.8) is 0 Å². The Morgan fingerprint density at radius 2 is 2.03 bits per heavy atom. The number of hydrazine groups is 1. The number of aliphatic imine (C=N–C) groups is 1. The number of carbonyl (C=O) groups excluding carboxylic acids is 1. The molecule has 0 fully saturated rings. The van der Waals surface area contributed by atoms with Crippen LogP contribution in [0.5, 0.6) is 0 Å². The largest absolute Gasteiger partial charge is 0.368 e. The molecule has 0 radical (unpaired) electrons. The Kier molecular flexibility index (Phi) is 5.98. The van der Waals surface area contributed by atoms with Gasteiger partial charge >= 0.3 is 0 Å². The van der Waals surface area contributed by atoms with Gasteiger partial charge in [-0.1, -0.05) is 26.0 Å². The molecule has 0 aliphatic carbocycles. The van der Waals surface area contributed by atoms with E-state index in [4.69, 9.17) is 5.73 Å². The molecule has 1 amide bonds. The lowest BCUT2D eigenvalue weighted by Crippen LogP contribution is -2.48. The van der Waals surface area contributed by atoms with Gasteiger partial charge in [0.15, 0.2) is 6.17 Å².